The van der Waals surface area contributed by atoms with E-state index in [1.807, 2.05) is 97.1 Å². The van der Waals surface area contributed by atoms with Crippen molar-refractivity contribution in [2.24, 2.45) is 0 Å². The largest absolute Gasteiger partial charge is 0.871 e. The van der Waals surface area contributed by atoms with Gasteiger partial charge in [0.15, 0.2) is 0 Å². The molecule has 0 aliphatic heterocycles. The van der Waals surface area contributed by atoms with Crippen LogP contribution in [0.5, 0.6) is 23.0 Å². The summed E-state index contributed by atoms with van der Waals surface area (Å²) in [6.45, 7) is 4.46. The molecular formula is C110H110N4O4P4Rh4. The molecule has 2 aliphatic carbocycles. The zero-order chi connectivity index (χ0) is 84.4. The number of nitrogens with zero attached hydrogens (tertiary/aromatic N) is 4. The first-order chi connectivity index (χ1) is 60.2. The predicted octanol–water partition coefficient (Wildman–Crippen LogP) is 22.6. The molecule has 0 bridgehead atoms. The van der Waals surface area contributed by atoms with Gasteiger partial charge in [0.1, 0.15) is 24.6 Å². The van der Waals surface area contributed by atoms with Gasteiger partial charge in [0.05, 0.1) is 119 Å². The molecule has 12 aromatic carbocycles. The van der Waals surface area contributed by atoms with E-state index in [0.717, 1.165) is 69.0 Å². The number of fused-ring (bicyclic) bond motifs is 4. The average molecular weight is 2090 g/mol. The maximum Gasteiger partial charge on any atom is 0.108 e. The molecule has 0 saturated carbocycles. The first-order valence-corrected chi connectivity index (χ1v) is 49.7. The number of benzene rings is 12. The third-order valence-electron chi connectivity index (χ3n) is 21.0. The first-order valence-electron chi connectivity index (χ1n) is 42.9. The molecule has 650 valence electrons. The van der Waals surface area contributed by atoms with E-state index in [2.05, 4.69) is 301 Å². The Bertz CT molecular complexity index is 5010. The van der Waals surface area contributed by atoms with Crippen molar-refractivity contribution < 1.29 is 98.3 Å². The molecule has 0 amide bonds. The Morgan fingerprint density at radius 1 is 0.198 bits per heavy atom. The van der Waals surface area contributed by atoms with Crippen LogP contribution in [-0.2, 0) is 103 Å². The van der Waals surface area contributed by atoms with Gasteiger partial charge < -0.3 is 20.4 Å². The zero-order valence-corrected chi connectivity index (χ0v) is 81.9. The maximum atomic E-state index is 12.1. The van der Waals surface area contributed by atoms with Gasteiger partial charge in [0.25, 0.3) is 0 Å². The molecule has 8 nitrogen and oxygen atoms in total. The second-order valence-electron chi connectivity index (χ2n) is 30.0. The van der Waals surface area contributed by atoms with E-state index in [0.29, 0.717) is 22.1 Å². The minimum absolute atomic E-state index is 0. The van der Waals surface area contributed by atoms with E-state index in [1.165, 1.54) is 119 Å². The molecule has 0 N–H and O–H groups in total. The summed E-state index contributed by atoms with van der Waals surface area (Å²) in [4.78, 5) is 18.7. The van der Waals surface area contributed by atoms with Crippen LogP contribution in [0.15, 0.2) is 413 Å². The SMILES string of the molecule is C1=C\CC/C=C\CC/1.C1=C\CC/C=C\CC/1.CCCCCC.[O-]c1cccc2ccc(C[PH+](c3ccccc3)c3ccccc3)nc12.[O-]c1cccc2ccc(C[PH+](c3ccccc3)c3ccccc3)nc12.[O-]c1cccc2ccc(C[PH+](c3ccccc3)c3ccccc3)nc12.[O-]c1cccc2ccc(C[PH+](c3ccccc3)c3ccccc3)nc12.[Rh].[Rh].[Rh].[Rh]. The summed E-state index contributed by atoms with van der Waals surface area (Å²) >= 11 is 0. The topological polar surface area (TPSA) is 144 Å². The number of unbranched alkanes of at least 4 members (excludes halogenated alkanes) is 3. The minimum atomic E-state index is -0.997. The van der Waals surface area contributed by atoms with Gasteiger partial charge in [0, 0.05) is 77.9 Å². The molecule has 0 spiro atoms. The number of hydrogen-bond donors (Lipinski definition) is 0. The molecule has 16 heteroatoms. The first kappa shape index (κ1) is 102. The van der Waals surface area contributed by atoms with Crippen molar-refractivity contribution >= 4 is 118 Å². The van der Waals surface area contributed by atoms with Gasteiger partial charge in [-0.3, -0.25) is 0 Å². The fourth-order valence-electron chi connectivity index (χ4n) is 14.6. The van der Waals surface area contributed by atoms with E-state index >= 15 is 0 Å². The number of hydrogen-bond acceptors (Lipinski definition) is 8. The summed E-state index contributed by atoms with van der Waals surface area (Å²) in [5.41, 5.74) is 6.22. The van der Waals surface area contributed by atoms with Gasteiger partial charge in [0.2, 0.25) is 0 Å². The van der Waals surface area contributed by atoms with Crippen molar-refractivity contribution in [1.82, 2.24) is 19.9 Å². The van der Waals surface area contributed by atoms with Crippen LogP contribution in [-0.4, -0.2) is 19.9 Å². The van der Waals surface area contributed by atoms with Crippen molar-refractivity contribution in [3.8, 4) is 23.0 Å². The summed E-state index contributed by atoms with van der Waals surface area (Å²) in [7, 11) is -3.99. The van der Waals surface area contributed by atoms with Gasteiger partial charge in [-0.2, -0.15) is 0 Å². The molecule has 0 fully saturated rings. The van der Waals surface area contributed by atoms with Crippen molar-refractivity contribution in [3.63, 3.8) is 0 Å². The zero-order valence-electron chi connectivity index (χ0n) is 71.3. The summed E-state index contributed by atoms with van der Waals surface area (Å²) < 4.78 is 0. The Morgan fingerprint density at radius 2 is 0.357 bits per heavy atom. The Labute approximate surface area is 802 Å². The van der Waals surface area contributed by atoms with Gasteiger partial charge in [-0.1, -0.05) is 354 Å². The number of para-hydroxylation sites is 4. The predicted molar refractivity (Wildman–Crippen MR) is 525 cm³/mol. The van der Waals surface area contributed by atoms with Crippen LogP contribution in [0.1, 0.15) is 114 Å². The number of allylic oxidation sites excluding steroid dienone is 8. The molecular weight excluding hydrogens is 1980 g/mol. The van der Waals surface area contributed by atoms with Crippen LogP contribution in [0, 0.1) is 0 Å². The Kier molecular flexibility index (Phi) is 46.5. The quantitative estimate of drug-likeness (QED) is 0.0337. The minimum Gasteiger partial charge on any atom is -0.871 e. The number of rotatable bonds is 19. The van der Waals surface area contributed by atoms with Gasteiger partial charge in [-0.25, -0.2) is 19.9 Å². The third-order valence-corrected chi connectivity index (χ3v) is 32.1. The van der Waals surface area contributed by atoms with E-state index in [1.54, 1.807) is 48.5 Å². The molecule has 0 atom stereocenters. The van der Waals surface area contributed by atoms with Crippen LogP contribution in [0.2, 0.25) is 0 Å². The number of pyridine rings is 4. The molecule has 16 aromatic rings. The second kappa shape index (κ2) is 57.5. The Balaban J connectivity index is 0.000000190. The van der Waals surface area contributed by atoms with Crippen LogP contribution < -0.4 is 62.9 Å². The van der Waals surface area contributed by atoms with Crippen LogP contribution in [0.25, 0.3) is 43.6 Å². The third kappa shape index (κ3) is 32.4. The fourth-order valence-corrected chi connectivity index (χ4v) is 24.5. The molecule has 126 heavy (non-hydrogen) atoms. The molecule has 0 saturated heterocycles. The van der Waals surface area contributed by atoms with Gasteiger partial charge >= 0.3 is 0 Å². The smallest absolute Gasteiger partial charge is 0.108 e. The van der Waals surface area contributed by atoms with Crippen molar-refractivity contribution in [1.29, 1.82) is 0 Å². The number of aromatic nitrogens is 4. The molecule has 4 radical (unpaired) electrons. The van der Waals surface area contributed by atoms with Gasteiger partial charge in [-0.15, -0.1) is 0 Å². The Morgan fingerprint density at radius 3 is 0.508 bits per heavy atom. The van der Waals surface area contributed by atoms with Gasteiger partial charge in [-0.05, 0) is 194 Å². The van der Waals surface area contributed by atoms with E-state index in [9.17, 15) is 20.4 Å². The maximum absolute atomic E-state index is 12.1. The second-order valence-corrected chi connectivity index (χ2v) is 39.8. The van der Waals surface area contributed by atoms with Crippen molar-refractivity contribution in [2.75, 3.05) is 0 Å². The standard InChI is InChI=1S/4C22H18NOP.2C8H12.C6H14.4Rh/c4*24-21-13-7-8-17-14-15-18(23-22(17)21)16-25(19-9-3-1-4-10-19)20-11-5-2-6-12-20;2*1-2-4-6-8-7-5-3-1;1-3-5-6-4-2;;;;/h4*1-15,24H,16H2;2*1-2,7-8H,3-6H2;3-6H2,1-2H3;;;;/b;;;;2*2-1-,8-7-;;;;;. The fraction of sp³-hybridized carbons (Fsp3) is 0.164. The van der Waals surface area contributed by atoms with E-state index in [-0.39, 0.29) is 101 Å². The average Bonchev–Trinajstić information content (AvgIpc) is 0.819. The summed E-state index contributed by atoms with van der Waals surface area (Å²) in [6.07, 6.45) is 37.0. The summed E-state index contributed by atoms with van der Waals surface area (Å²) in [5, 5.41) is 62.9. The molecule has 2 aliphatic rings. The summed E-state index contributed by atoms with van der Waals surface area (Å²) in [6, 6.07) is 122. The van der Waals surface area contributed by atoms with Crippen molar-refractivity contribution in [2.45, 2.75) is 116 Å². The normalized spacial score (nSPS) is 12.8. The Hall–Kier alpha value is -9.35. The monoisotopic (exact) mass is 2090 g/mol. The summed E-state index contributed by atoms with van der Waals surface area (Å²) in [5.74, 6) is -0.0276. The molecule has 4 aromatic heterocycles. The molecule has 0 unspecified atom stereocenters. The van der Waals surface area contributed by atoms with Crippen molar-refractivity contribution in [3.05, 3.63) is 435 Å². The van der Waals surface area contributed by atoms with Crippen LogP contribution in [0.4, 0.5) is 0 Å². The molecule has 4 heterocycles. The van der Waals surface area contributed by atoms with Crippen LogP contribution in [0.3, 0.4) is 0 Å². The molecule has 18 rings (SSSR count). The van der Waals surface area contributed by atoms with E-state index in [4.69, 9.17) is 0 Å². The van der Waals surface area contributed by atoms with E-state index < -0.39 is 31.7 Å². The van der Waals surface area contributed by atoms with Crippen LogP contribution >= 0.6 is 31.7 Å².